The molecule has 27 heavy (non-hydrogen) atoms. The third kappa shape index (κ3) is 6.70. The Labute approximate surface area is 187 Å². The van der Waals surface area contributed by atoms with Gasteiger partial charge in [-0.15, -0.1) is 35.3 Å². The van der Waals surface area contributed by atoms with Gasteiger partial charge in [0.2, 0.25) is 0 Å². The van der Waals surface area contributed by atoms with E-state index in [0.717, 1.165) is 45.4 Å². The van der Waals surface area contributed by atoms with Crippen molar-refractivity contribution in [3.63, 3.8) is 0 Å². The van der Waals surface area contributed by atoms with Crippen molar-refractivity contribution >= 4 is 52.6 Å². The molecule has 3 rings (SSSR count). The smallest absolute Gasteiger partial charge is 0.191 e. The Morgan fingerprint density at radius 1 is 1.22 bits per heavy atom. The highest BCUT2D eigenvalue weighted by atomic mass is 127. The number of nitrogens with one attached hydrogen (secondary N) is 2. The minimum absolute atomic E-state index is 0. The first-order valence-corrected chi connectivity index (χ1v) is 10.9. The minimum Gasteiger partial charge on any atom is -0.379 e. The highest BCUT2D eigenvalue weighted by molar-refractivity contribution is 14.0. The number of aliphatic imine (C=N–C) groups is 1. The molecule has 150 valence electrons. The van der Waals surface area contributed by atoms with Crippen molar-refractivity contribution in [2.75, 3.05) is 46.4 Å². The maximum atomic E-state index is 5.52. The molecule has 2 N–H and O–H groups in total. The van der Waals surface area contributed by atoms with Crippen molar-refractivity contribution in [2.45, 2.75) is 18.9 Å². The van der Waals surface area contributed by atoms with Crippen LogP contribution in [-0.4, -0.2) is 57.3 Å². The second kappa shape index (κ2) is 12.0. The Hall–Kier alpha value is -0.680. The van der Waals surface area contributed by atoms with Crippen molar-refractivity contribution in [2.24, 2.45) is 4.99 Å². The maximum absolute atomic E-state index is 5.52. The Morgan fingerprint density at radius 2 is 2.00 bits per heavy atom. The molecule has 1 fully saturated rings. The molecule has 0 amide bonds. The molecule has 2 aromatic heterocycles. The standard InChI is InChI=1S/C19H28N4OS2.HI/c1-15(16-5-11-25-14-16)12-21-19(20-2)22-13-17(18-4-3-10-26-18)23-6-8-24-9-7-23;/h3-5,10-11,14-15,17H,6-9,12-13H2,1-2H3,(H2,20,21,22);1H. The lowest BCUT2D eigenvalue weighted by molar-refractivity contribution is 0.0177. The van der Waals surface area contributed by atoms with Crippen LogP contribution in [0.2, 0.25) is 0 Å². The Kier molecular flexibility index (Phi) is 10.1. The molecule has 0 radical (unpaired) electrons. The lowest BCUT2D eigenvalue weighted by atomic mass is 10.1. The van der Waals surface area contributed by atoms with Gasteiger partial charge < -0.3 is 15.4 Å². The Morgan fingerprint density at radius 3 is 2.63 bits per heavy atom. The third-order valence-electron chi connectivity index (χ3n) is 4.73. The largest absolute Gasteiger partial charge is 0.379 e. The van der Waals surface area contributed by atoms with Crippen LogP contribution in [-0.2, 0) is 4.74 Å². The molecule has 8 heteroatoms. The average Bonchev–Trinajstić information content (AvgIpc) is 3.39. The van der Waals surface area contributed by atoms with Crippen molar-refractivity contribution in [1.29, 1.82) is 0 Å². The Balaban J connectivity index is 0.00000261. The summed E-state index contributed by atoms with van der Waals surface area (Å²) < 4.78 is 5.52. The summed E-state index contributed by atoms with van der Waals surface area (Å²) in [5.41, 5.74) is 1.38. The normalized spacial score (nSPS) is 17.8. The van der Waals surface area contributed by atoms with Crippen molar-refractivity contribution in [3.05, 3.63) is 44.8 Å². The van der Waals surface area contributed by atoms with E-state index in [1.165, 1.54) is 10.4 Å². The van der Waals surface area contributed by atoms with Crippen LogP contribution in [0.4, 0.5) is 0 Å². The molecule has 0 bridgehead atoms. The van der Waals surface area contributed by atoms with E-state index in [0.29, 0.717) is 12.0 Å². The SMILES string of the molecule is CN=C(NCC(C)c1ccsc1)NCC(c1cccs1)N1CCOCC1.I. The molecule has 0 aromatic carbocycles. The van der Waals surface area contributed by atoms with Gasteiger partial charge in [0.15, 0.2) is 5.96 Å². The topological polar surface area (TPSA) is 48.9 Å². The molecule has 2 atom stereocenters. The monoisotopic (exact) mass is 520 g/mol. The predicted octanol–water partition coefficient (Wildman–Crippen LogP) is 3.77. The fourth-order valence-electron chi connectivity index (χ4n) is 3.12. The number of hydrogen-bond donors (Lipinski definition) is 2. The summed E-state index contributed by atoms with van der Waals surface area (Å²) >= 11 is 3.57. The lowest BCUT2D eigenvalue weighted by Gasteiger charge is -2.34. The van der Waals surface area contributed by atoms with Gasteiger partial charge in [0.1, 0.15) is 0 Å². The van der Waals surface area contributed by atoms with Crippen LogP contribution < -0.4 is 10.6 Å². The molecule has 5 nitrogen and oxygen atoms in total. The van der Waals surface area contributed by atoms with E-state index in [9.17, 15) is 0 Å². The van der Waals surface area contributed by atoms with E-state index < -0.39 is 0 Å². The number of guanidine groups is 1. The van der Waals surface area contributed by atoms with Crippen LogP contribution in [0.25, 0.3) is 0 Å². The van der Waals surface area contributed by atoms with Crippen LogP contribution >= 0.6 is 46.7 Å². The molecule has 0 spiro atoms. The van der Waals surface area contributed by atoms with Gasteiger partial charge in [-0.05, 0) is 39.8 Å². The summed E-state index contributed by atoms with van der Waals surface area (Å²) in [5.74, 6) is 1.33. The van der Waals surface area contributed by atoms with Gasteiger partial charge >= 0.3 is 0 Å². The van der Waals surface area contributed by atoms with Crippen LogP contribution in [0.3, 0.4) is 0 Å². The predicted molar refractivity (Wildman–Crippen MR) is 127 cm³/mol. The van der Waals surface area contributed by atoms with E-state index in [2.05, 4.69) is 61.8 Å². The maximum Gasteiger partial charge on any atom is 0.191 e. The highest BCUT2D eigenvalue weighted by Crippen LogP contribution is 2.25. The van der Waals surface area contributed by atoms with E-state index >= 15 is 0 Å². The van der Waals surface area contributed by atoms with Crippen molar-refractivity contribution in [3.8, 4) is 0 Å². The zero-order chi connectivity index (χ0) is 18.2. The van der Waals surface area contributed by atoms with Gasteiger partial charge in [-0.3, -0.25) is 9.89 Å². The number of ether oxygens (including phenoxy) is 1. The first-order valence-electron chi connectivity index (χ1n) is 9.09. The summed E-state index contributed by atoms with van der Waals surface area (Å²) in [4.78, 5) is 8.29. The molecular formula is C19H29IN4OS2. The molecule has 3 heterocycles. The van der Waals surface area contributed by atoms with E-state index in [1.54, 1.807) is 11.3 Å². The molecule has 2 aromatic rings. The Bertz CT molecular complexity index is 657. The zero-order valence-corrected chi connectivity index (χ0v) is 19.9. The van der Waals surface area contributed by atoms with Gasteiger partial charge in [-0.25, -0.2) is 0 Å². The highest BCUT2D eigenvalue weighted by Gasteiger charge is 2.23. The molecule has 2 unspecified atom stereocenters. The van der Waals surface area contributed by atoms with Crippen LogP contribution in [0.15, 0.2) is 39.3 Å². The number of hydrogen-bond acceptors (Lipinski definition) is 5. The minimum atomic E-state index is 0. The fourth-order valence-corrected chi connectivity index (χ4v) is 4.76. The second-order valence-electron chi connectivity index (χ2n) is 6.47. The van der Waals surface area contributed by atoms with Crippen LogP contribution in [0.1, 0.15) is 29.3 Å². The van der Waals surface area contributed by atoms with Gasteiger partial charge in [0, 0.05) is 38.1 Å². The molecule has 1 saturated heterocycles. The molecule has 0 aliphatic carbocycles. The third-order valence-corrected chi connectivity index (χ3v) is 6.41. The summed E-state index contributed by atoms with van der Waals surface area (Å²) in [6.45, 7) is 7.53. The number of nitrogens with zero attached hydrogens (tertiary/aromatic N) is 2. The molecule has 1 aliphatic rings. The number of rotatable bonds is 7. The molecule has 1 aliphatic heterocycles. The van der Waals surface area contributed by atoms with Gasteiger partial charge in [-0.2, -0.15) is 11.3 Å². The summed E-state index contributed by atoms with van der Waals surface area (Å²) in [6, 6.07) is 6.90. The number of halogens is 1. The first-order chi connectivity index (χ1) is 12.8. The molecule has 0 saturated carbocycles. The quantitative estimate of drug-likeness (QED) is 0.332. The van der Waals surface area contributed by atoms with Crippen molar-refractivity contribution < 1.29 is 4.74 Å². The van der Waals surface area contributed by atoms with Gasteiger partial charge in [0.25, 0.3) is 0 Å². The second-order valence-corrected chi connectivity index (χ2v) is 8.23. The van der Waals surface area contributed by atoms with Gasteiger partial charge in [-0.1, -0.05) is 13.0 Å². The van der Waals surface area contributed by atoms with E-state index in [-0.39, 0.29) is 24.0 Å². The van der Waals surface area contributed by atoms with Crippen LogP contribution in [0.5, 0.6) is 0 Å². The summed E-state index contributed by atoms with van der Waals surface area (Å²) in [6.07, 6.45) is 0. The first kappa shape index (κ1) is 22.6. The van der Waals surface area contributed by atoms with Crippen molar-refractivity contribution in [1.82, 2.24) is 15.5 Å². The van der Waals surface area contributed by atoms with Gasteiger partial charge in [0.05, 0.1) is 19.3 Å². The van der Waals surface area contributed by atoms with E-state index in [4.69, 9.17) is 4.74 Å². The summed E-state index contributed by atoms with van der Waals surface area (Å²) in [5, 5.41) is 13.5. The molecular weight excluding hydrogens is 491 g/mol. The fraction of sp³-hybridized carbons (Fsp3) is 0.526. The lowest BCUT2D eigenvalue weighted by Crippen LogP contribution is -2.46. The zero-order valence-electron chi connectivity index (χ0n) is 15.9. The average molecular weight is 521 g/mol. The number of morpholine rings is 1. The van der Waals surface area contributed by atoms with E-state index in [1.807, 2.05) is 18.4 Å². The summed E-state index contributed by atoms with van der Waals surface area (Å²) in [7, 11) is 1.83. The number of thiophene rings is 2. The van der Waals surface area contributed by atoms with Crippen LogP contribution in [0, 0.1) is 0 Å².